The van der Waals surface area contributed by atoms with Gasteiger partial charge in [-0.3, -0.25) is 4.79 Å². The van der Waals surface area contributed by atoms with Gasteiger partial charge in [0.25, 0.3) is 0 Å². The molecule has 0 spiro atoms. The van der Waals surface area contributed by atoms with E-state index in [9.17, 15) is 13.2 Å². The second-order valence-electron chi connectivity index (χ2n) is 5.82. The molecule has 1 atom stereocenters. The summed E-state index contributed by atoms with van der Waals surface area (Å²) < 4.78 is 42.7. The van der Waals surface area contributed by atoms with Gasteiger partial charge in [0.2, 0.25) is 15.9 Å². The number of ether oxygens (including phenoxy) is 3. The lowest BCUT2D eigenvalue weighted by molar-refractivity contribution is -0.117. The van der Waals surface area contributed by atoms with Gasteiger partial charge in [-0.2, -0.15) is 4.72 Å². The van der Waals surface area contributed by atoms with Crippen molar-refractivity contribution in [1.82, 2.24) is 4.72 Å². The number of carbonyl (C=O) groups is 1. The zero-order valence-electron chi connectivity index (χ0n) is 16.1. The summed E-state index contributed by atoms with van der Waals surface area (Å²) in [5.74, 6) is 0.334. The number of hydrogen-bond acceptors (Lipinski definition) is 6. The summed E-state index contributed by atoms with van der Waals surface area (Å²) in [6, 6.07) is 5.83. The molecule has 2 aromatic carbocycles. The van der Waals surface area contributed by atoms with Crippen LogP contribution in [0.25, 0.3) is 0 Å². The summed E-state index contributed by atoms with van der Waals surface area (Å²) in [5.41, 5.74) is 0.275. The van der Waals surface area contributed by atoms with Crippen LogP contribution in [0.2, 0.25) is 10.0 Å². The Labute approximate surface area is 179 Å². The normalized spacial score (nSPS) is 12.2. The second kappa shape index (κ2) is 9.53. The van der Waals surface area contributed by atoms with Gasteiger partial charge in [-0.05, 0) is 25.1 Å². The Balaban J connectivity index is 2.19. The molecule has 0 aromatic heterocycles. The highest BCUT2D eigenvalue weighted by Crippen LogP contribution is 2.36. The molecule has 2 rings (SSSR count). The Kier molecular flexibility index (Phi) is 7.59. The number of rotatable bonds is 8. The highest BCUT2D eigenvalue weighted by atomic mass is 35.5. The topological polar surface area (TPSA) is 103 Å². The summed E-state index contributed by atoms with van der Waals surface area (Å²) in [6.07, 6.45) is 0. The van der Waals surface area contributed by atoms with E-state index in [0.717, 1.165) is 0 Å². The molecule has 2 aromatic rings. The van der Waals surface area contributed by atoms with Crippen molar-refractivity contribution in [3.05, 3.63) is 40.4 Å². The molecular formula is C18H20Cl2N2O6S. The maximum Gasteiger partial charge on any atom is 0.242 e. The van der Waals surface area contributed by atoms with Crippen LogP contribution in [0, 0.1) is 0 Å². The average Bonchev–Trinajstić information content (AvgIpc) is 2.68. The van der Waals surface area contributed by atoms with Crippen LogP contribution in [0.15, 0.2) is 35.2 Å². The highest BCUT2D eigenvalue weighted by molar-refractivity contribution is 7.89. The van der Waals surface area contributed by atoms with Gasteiger partial charge in [0, 0.05) is 12.1 Å². The molecule has 8 nitrogen and oxygen atoms in total. The van der Waals surface area contributed by atoms with Crippen LogP contribution >= 0.6 is 23.2 Å². The van der Waals surface area contributed by atoms with Gasteiger partial charge in [-0.25, -0.2) is 8.42 Å². The highest BCUT2D eigenvalue weighted by Gasteiger charge is 2.24. The molecule has 0 aliphatic rings. The molecule has 158 valence electrons. The fourth-order valence-electron chi connectivity index (χ4n) is 2.37. The van der Waals surface area contributed by atoms with Crippen molar-refractivity contribution in [3.8, 4) is 17.2 Å². The smallest absolute Gasteiger partial charge is 0.242 e. The lowest BCUT2D eigenvalue weighted by Crippen LogP contribution is -2.41. The van der Waals surface area contributed by atoms with Crippen molar-refractivity contribution < 1.29 is 27.4 Å². The molecule has 0 aliphatic carbocycles. The Hall–Kier alpha value is -2.20. The number of benzene rings is 2. The van der Waals surface area contributed by atoms with Gasteiger partial charge < -0.3 is 19.5 Å². The van der Waals surface area contributed by atoms with Crippen LogP contribution in [-0.2, 0) is 14.8 Å². The number of hydrogen-bond donors (Lipinski definition) is 2. The molecule has 0 radical (unpaired) electrons. The number of methoxy groups -OCH3 is 3. The first-order chi connectivity index (χ1) is 13.6. The van der Waals surface area contributed by atoms with Gasteiger partial charge in [-0.15, -0.1) is 0 Å². The predicted molar refractivity (Wildman–Crippen MR) is 111 cm³/mol. The monoisotopic (exact) mass is 462 g/mol. The standard InChI is InChI=1S/C18H20Cl2N2O6S/c1-10(22-29(24,25)11-5-6-15(26-2)12(19)7-11)18(23)21-14-9-16(27-3)13(20)8-17(14)28-4/h5-10,22H,1-4H3,(H,21,23)/t10-/m0/s1. The number of anilines is 1. The lowest BCUT2D eigenvalue weighted by atomic mass is 10.2. The Morgan fingerprint density at radius 2 is 1.52 bits per heavy atom. The van der Waals surface area contributed by atoms with Crippen LogP contribution in [0.5, 0.6) is 17.2 Å². The fourth-order valence-corrected chi connectivity index (χ4v) is 4.15. The molecule has 11 heteroatoms. The molecule has 0 bridgehead atoms. The zero-order valence-corrected chi connectivity index (χ0v) is 18.4. The summed E-state index contributed by atoms with van der Waals surface area (Å²) >= 11 is 12.0. The molecule has 0 saturated heterocycles. The number of nitrogens with one attached hydrogen (secondary N) is 2. The molecule has 29 heavy (non-hydrogen) atoms. The van der Waals surface area contributed by atoms with E-state index in [-0.39, 0.29) is 15.6 Å². The first-order valence-corrected chi connectivity index (χ1v) is 10.4. The summed E-state index contributed by atoms with van der Waals surface area (Å²) in [5, 5.41) is 3.02. The second-order valence-corrected chi connectivity index (χ2v) is 8.34. The minimum Gasteiger partial charge on any atom is -0.495 e. The van der Waals surface area contributed by atoms with E-state index < -0.39 is 22.0 Å². The molecule has 0 unspecified atom stereocenters. The van der Waals surface area contributed by atoms with Crippen molar-refractivity contribution in [2.75, 3.05) is 26.6 Å². The summed E-state index contributed by atoms with van der Waals surface area (Å²) in [6.45, 7) is 1.40. The van der Waals surface area contributed by atoms with Gasteiger partial charge in [0.05, 0.1) is 48.0 Å². The number of amides is 1. The van der Waals surface area contributed by atoms with E-state index >= 15 is 0 Å². The predicted octanol–water partition coefficient (Wildman–Crippen LogP) is 3.32. The van der Waals surface area contributed by atoms with Crippen molar-refractivity contribution in [1.29, 1.82) is 0 Å². The van der Waals surface area contributed by atoms with Crippen molar-refractivity contribution in [3.63, 3.8) is 0 Å². The SMILES string of the molecule is COc1ccc(S(=O)(=O)N[C@@H](C)C(=O)Nc2cc(OC)c(Cl)cc2OC)cc1Cl. The minimum atomic E-state index is -4.01. The van der Waals surface area contributed by atoms with E-state index in [2.05, 4.69) is 10.0 Å². The van der Waals surface area contributed by atoms with Crippen LogP contribution in [0.3, 0.4) is 0 Å². The lowest BCUT2D eigenvalue weighted by Gasteiger charge is -2.17. The Morgan fingerprint density at radius 3 is 2.07 bits per heavy atom. The van der Waals surface area contributed by atoms with E-state index in [1.807, 2.05) is 0 Å². The third-order valence-corrected chi connectivity index (χ3v) is 6.02. The summed E-state index contributed by atoms with van der Waals surface area (Å²) in [4.78, 5) is 12.4. The quantitative estimate of drug-likeness (QED) is 0.623. The van der Waals surface area contributed by atoms with Crippen molar-refractivity contribution >= 4 is 44.8 Å². The van der Waals surface area contributed by atoms with Gasteiger partial charge in [-0.1, -0.05) is 23.2 Å². The first-order valence-electron chi connectivity index (χ1n) is 8.21. The summed E-state index contributed by atoms with van der Waals surface area (Å²) in [7, 11) is 0.246. The van der Waals surface area contributed by atoms with Crippen molar-refractivity contribution in [2.45, 2.75) is 17.9 Å². The molecule has 0 heterocycles. The average molecular weight is 463 g/mol. The van der Waals surface area contributed by atoms with Crippen LogP contribution < -0.4 is 24.2 Å². The Morgan fingerprint density at radius 1 is 0.931 bits per heavy atom. The van der Waals surface area contributed by atoms with Crippen LogP contribution in [-0.4, -0.2) is 41.7 Å². The molecule has 0 aliphatic heterocycles. The number of carbonyl (C=O) groups excluding carboxylic acids is 1. The molecule has 0 saturated carbocycles. The van der Waals surface area contributed by atoms with Crippen LogP contribution in [0.4, 0.5) is 5.69 Å². The maximum atomic E-state index is 12.6. The van der Waals surface area contributed by atoms with E-state index in [1.54, 1.807) is 0 Å². The number of sulfonamides is 1. The maximum absolute atomic E-state index is 12.6. The van der Waals surface area contributed by atoms with Gasteiger partial charge in [0.1, 0.15) is 17.2 Å². The van der Waals surface area contributed by atoms with Crippen LogP contribution in [0.1, 0.15) is 6.92 Å². The third-order valence-electron chi connectivity index (χ3n) is 3.89. The van der Waals surface area contributed by atoms with Crippen molar-refractivity contribution in [2.24, 2.45) is 0 Å². The molecule has 2 N–H and O–H groups in total. The zero-order chi connectivity index (χ0) is 21.8. The van der Waals surface area contributed by atoms with E-state index in [1.165, 1.54) is 58.6 Å². The largest absolute Gasteiger partial charge is 0.495 e. The molecular weight excluding hydrogens is 443 g/mol. The van der Waals surface area contributed by atoms with E-state index in [4.69, 9.17) is 37.4 Å². The molecule has 0 fully saturated rings. The van der Waals surface area contributed by atoms with E-state index in [0.29, 0.717) is 22.3 Å². The number of halogens is 2. The van der Waals surface area contributed by atoms with Gasteiger partial charge in [0.15, 0.2) is 0 Å². The van der Waals surface area contributed by atoms with Gasteiger partial charge >= 0.3 is 0 Å². The first kappa shape index (κ1) is 23.1. The minimum absolute atomic E-state index is 0.103. The fraction of sp³-hybridized carbons (Fsp3) is 0.278. The Bertz CT molecular complexity index is 1010. The third kappa shape index (κ3) is 5.45. The molecule has 1 amide bonds.